The topological polar surface area (TPSA) is 103 Å². The highest BCUT2D eigenvalue weighted by Gasteiger charge is 2.17. The van der Waals surface area contributed by atoms with Gasteiger partial charge in [-0.05, 0) is 12.5 Å². The number of nitrogens with zero attached hydrogens (tertiary/aromatic N) is 1. The molecule has 1 rings (SSSR count). The molecular formula is C13H22N4O2. The van der Waals surface area contributed by atoms with Crippen molar-refractivity contribution in [3.63, 3.8) is 0 Å². The number of hydrogen-bond donors (Lipinski definition) is 3. The highest BCUT2D eigenvalue weighted by atomic mass is 16.2. The van der Waals surface area contributed by atoms with Crippen molar-refractivity contribution in [3.05, 3.63) is 23.5 Å². The second-order valence-corrected chi connectivity index (χ2v) is 4.64. The fraction of sp³-hybridized carbons (Fsp3) is 0.538. The Bertz CT molecular complexity index is 453. The van der Waals surface area contributed by atoms with Gasteiger partial charge in [0.15, 0.2) is 0 Å². The van der Waals surface area contributed by atoms with Gasteiger partial charge in [-0.1, -0.05) is 19.8 Å². The number of hydrogen-bond acceptors (Lipinski definition) is 3. The Morgan fingerprint density at radius 1 is 1.47 bits per heavy atom. The summed E-state index contributed by atoms with van der Waals surface area (Å²) in [5, 5.41) is 2.87. The summed E-state index contributed by atoms with van der Waals surface area (Å²) in [6.07, 6.45) is 4.47. The number of amides is 2. The van der Waals surface area contributed by atoms with Crippen LogP contribution in [0.1, 0.15) is 47.0 Å². The van der Waals surface area contributed by atoms with Crippen molar-refractivity contribution in [3.8, 4) is 0 Å². The van der Waals surface area contributed by atoms with E-state index in [-0.39, 0.29) is 11.9 Å². The molecule has 0 bridgehead atoms. The van der Waals surface area contributed by atoms with Gasteiger partial charge in [0.2, 0.25) is 5.91 Å². The molecule has 6 nitrogen and oxygen atoms in total. The van der Waals surface area contributed by atoms with Gasteiger partial charge in [-0.15, -0.1) is 0 Å². The average molecular weight is 266 g/mol. The van der Waals surface area contributed by atoms with Crippen LogP contribution in [0.3, 0.4) is 0 Å². The fourth-order valence-corrected chi connectivity index (χ4v) is 1.88. The van der Waals surface area contributed by atoms with Crippen molar-refractivity contribution >= 4 is 11.8 Å². The lowest BCUT2D eigenvalue weighted by molar-refractivity contribution is 0.0927. The van der Waals surface area contributed by atoms with Crippen LogP contribution in [0.4, 0.5) is 0 Å². The van der Waals surface area contributed by atoms with E-state index in [0.29, 0.717) is 17.8 Å². The molecule has 1 atom stereocenters. The third kappa shape index (κ3) is 4.10. The number of aryl methyl sites for hydroxylation is 1. The van der Waals surface area contributed by atoms with E-state index in [4.69, 9.17) is 11.5 Å². The molecule has 0 spiro atoms. The number of rotatable bonds is 7. The monoisotopic (exact) mass is 266 g/mol. The van der Waals surface area contributed by atoms with Crippen LogP contribution in [0.25, 0.3) is 0 Å². The molecule has 0 aliphatic carbocycles. The molecule has 0 aliphatic heterocycles. The van der Waals surface area contributed by atoms with Gasteiger partial charge in [-0.2, -0.15) is 0 Å². The Kier molecular flexibility index (Phi) is 5.57. The summed E-state index contributed by atoms with van der Waals surface area (Å²) in [7, 11) is 1.70. The second kappa shape index (κ2) is 6.94. The molecular weight excluding hydrogens is 244 g/mol. The first-order valence-electron chi connectivity index (χ1n) is 6.46. The largest absolute Gasteiger partial charge is 0.366 e. The third-order valence-electron chi connectivity index (χ3n) is 3.05. The number of nitrogens with one attached hydrogen (secondary N) is 1. The van der Waals surface area contributed by atoms with E-state index in [1.807, 2.05) is 0 Å². The predicted molar refractivity (Wildman–Crippen MR) is 73.8 cm³/mol. The molecule has 1 heterocycles. The Morgan fingerprint density at radius 3 is 2.63 bits per heavy atom. The second-order valence-electron chi connectivity index (χ2n) is 4.64. The first-order valence-corrected chi connectivity index (χ1v) is 6.46. The molecule has 0 saturated carbocycles. The van der Waals surface area contributed by atoms with Gasteiger partial charge >= 0.3 is 0 Å². The van der Waals surface area contributed by atoms with Crippen LogP contribution in [-0.2, 0) is 7.05 Å². The third-order valence-corrected chi connectivity index (χ3v) is 3.05. The molecule has 19 heavy (non-hydrogen) atoms. The molecule has 2 amide bonds. The predicted octanol–water partition coefficient (Wildman–Crippen LogP) is 0.371. The summed E-state index contributed by atoms with van der Waals surface area (Å²) in [5.41, 5.74) is 11.6. The lowest BCUT2D eigenvalue weighted by atomic mass is 10.1. The van der Waals surface area contributed by atoms with E-state index in [1.165, 1.54) is 6.07 Å². The van der Waals surface area contributed by atoms with Crippen LogP contribution >= 0.6 is 0 Å². The quantitative estimate of drug-likeness (QED) is 0.664. The summed E-state index contributed by atoms with van der Waals surface area (Å²) in [4.78, 5) is 23.2. The molecule has 0 fully saturated rings. The molecule has 106 valence electrons. The summed E-state index contributed by atoms with van der Waals surface area (Å²) in [5.74, 6) is -0.780. The van der Waals surface area contributed by atoms with Crippen LogP contribution in [0.5, 0.6) is 0 Å². The van der Waals surface area contributed by atoms with E-state index < -0.39 is 5.91 Å². The molecule has 1 aromatic rings. The first kappa shape index (κ1) is 15.2. The minimum atomic E-state index is -0.545. The zero-order chi connectivity index (χ0) is 14.4. The summed E-state index contributed by atoms with van der Waals surface area (Å²) in [6, 6.07) is 1.45. The maximum Gasteiger partial charge on any atom is 0.268 e. The number of primary amides is 1. The normalized spacial score (nSPS) is 12.2. The Balaban J connectivity index is 2.74. The van der Waals surface area contributed by atoms with Gasteiger partial charge in [0, 0.05) is 25.8 Å². The van der Waals surface area contributed by atoms with Crippen molar-refractivity contribution in [2.45, 2.75) is 32.2 Å². The van der Waals surface area contributed by atoms with Gasteiger partial charge in [0.25, 0.3) is 5.91 Å². The number of unbranched alkanes of at least 4 members (excludes halogenated alkanes) is 1. The minimum Gasteiger partial charge on any atom is -0.366 e. The SMILES string of the molecule is CCCCC(CN)NC(=O)c1cc(C(N)=O)cn1C. The van der Waals surface area contributed by atoms with Gasteiger partial charge in [0.1, 0.15) is 5.69 Å². The van der Waals surface area contributed by atoms with Gasteiger partial charge in [-0.25, -0.2) is 0 Å². The first-order chi connectivity index (χ1) is 8.99. The number of carbonyl (C=O) groups is 2. The molecule has 0 saturated heterocycles. The molecule has 1 unspecified atom stereocenters. The zero-order valence-electron chi connectivity index (χ0n) is 11.5. The highest BCUT2D eigenvalue weighted by Crippen LogP contribution is 2.08. The van der Waals surface area contributed by atoms with Crippen molar-refractivity contribution in [2.75, 3.05) is 6.54 Å². The van der Waals surface area contributed by atoms with Gasteiger partial charge in [0.05, 0.1) is 5.56 Å². The number of aromatic nitrogens is 1. The molecule has 0 aliphatic rings. The van der Waals surface area contributed by atoms with Gasteiger partial charge < -0.3 is 21.4 Å². The maximum atomic E-state index is 12.1. The van der Waals surface area contributed by atoms with Crippen molar-refractivity contribution in [1.82, 2.24) is 9.88 Å². The zero-order valence-corrected chi connectivity index (χ0v) is 11.5. The van der Waals surface area contributed by atoms with E-state index in [9.17, 15) is 9.59 Å². The molecule has 5 N–H and O–H groups in total. The summed E-state index contributed by atoms with van der Waals surface area (Å²) in [6.45, 7) is 2.49. The Labute approximate surface area is 113 Å². The van der Waals surface area contributed by atoms with E-state index in [2.05, 4.69) is 12.2 Å². The molecule has 0 aromatic carbocycles. The van der Waals surface area contributed by atoms with Crippen LogP contribution in [0.15, 0.2) is 12.3 Å². The van der Waals surface area contributed by atoms with E-state index in [1.54, 1.807) is 17.8 Å². The lowest BCUT2D eigenvalue weighted by Crippen LogP contribution is -2.40. The van der Waals surface area contributed by atoms with Crippen molar-refractivity contribution in [1.29, 1.82) is 0 Å². The van der Waals surface area contributed by atoms with Crippen LogP contribution in [0, 0.1) is 0 Å². The van der Waals surface area contributed by atoms with E-state index in [0.717, 1.165) is 19.3 Å². The molecule has 1 aromatic heterocycles. The van der Waals surface area contributed by atoms with Crippen molar-refractivity contribution < 1.29 is 9.59 Å². The van der Waals surface area contributed by atoms with Crippen LogP contribution in [-0.4, -0.2) is 29.0 Å². The Morgan fingerprint density at radius 2 is 2.16 bits per heavy atom. The van der Waals surface area contributed by atoms with Crippen LogP contribution in [0.2, 0.25) is 0 Å². The highest BCUT2D eigenvalue weighted by molar-refractivity contribution is 5.98. The maximum absolute atomic E-state index is 12.1. The fourth-order valence-electron chi connectivity index (χ4n) is 1.88. The van der Waals surface area contributed by atoms with E-state index >= 15 is 0 Å². The Hall–Kier alpha value is -1.82. The number of carbonyl (C=O) groups excluding carboxylic acids is 2. The molecule has 0 radical (unpaired) electrons. The van der Waals surface area contributed by atoms with Gasteiger partial charge in [-0.3, -0.25) is 9.59 Å². The standard InChI is InChI=1S/C13H22N4O2/c1-3-4-5-10(7-14)16-13(19)11-6-9(12(15)18)8-17(11)2/h6,8,10H,3-5,7,14H2,1-2H3,(H2,15,18)(H,16,19). The summed E-state index contributed by atoms with van der Waals surface area (Å²) < 4.78 is 1.59. The minimum absolute atomic E-state index is 0.0422. The average Bonchev–Trinajstić information content (AvgIpc) is 2.76. The van der Waals surface area contributed by atoms with Crippen LogP contribution < -0.4 is 16.8 Å². The lowest BCUT2D eigenvalue weighted by Gasteiger charge is -2.16. The molecule has 6 heteroatoms. The summed E-state index contributed by atoms with van der Waals surface area (Å²) >= 11 is 0. The number of nitrogens with two attached hydrogens (primary N) is 2. The smallest absolute Gasteiger partial charge is 0.268 e. The van der Waals surface area contributed by atoms with Crippen molar-refractivity contribution in [2.24, 2.45) is 18.5 Å².